The van der Waals surface area contributed by atoms with Crippen LogP contribution in [-0.2, 0) is 13.2 Å². The second-order valence-electron chi connectivity index (χ2n) is 6.46. The van der Waals surface area contributed by atoms with Crippen molar-refractivity contribution in [3.05, 3.63) is 71.4 Å². The molecule has 0 spiro atoms. The lowest BCUT2D eigenvalue weighted by Crippen LogP contribution is -2.06. The molecular formula is C21H23N3O3S. The monoisotopic (exact) mass is 397 g/mol. The van der Waals surface area contributed by atoms with E-state index in [-0.39, 0.29) is 18.1 Å². The minimum atomic E-state index is 0.0316. The first kappa shape index (κ1) is 19.9. The Balaban J connectivity index is 1.56. The number of allylic oxidation sites excluding steroid dienone is 1. The Bertz CT molecular complexity index is 991. The van der Waals surface area contributed by atoms with Crippen LogP contribution in [0, 0.1) is 20.8 Å². The van der Waals surface area contributed by atoms with Crippen LogP contribution in [-0.4, -0.2) is 26.3 Å². The molecule has 3 rings (SSSR count). The van der Waals surface area contributed by atoms with E-state index in [1.165, 1.54) is 11.8 Å². The molecule has 0 saturated heterocycles. The number of hydrogen-bond acceptors (Lipinski definition) is 6. The zero-order chi connectivity index (χ0) is 20.1. The van der Waals surface area contributed by atoms with Gasteiger partial charge in [-0.05, 0) is 44.5 Å². The van der Waals surface area contributed by atoms with Gasteiger partial charge in [0.1, 0.15) is 5.75 Å². The lowest BCUT2D eigenvalue weighted by atomic mass is 10.2. The third-order valence-corrected chi connectivity index (χ3v) is 5.13. The van der Waals surface area contributed by atoms with Crippen molar-refractivity contribution in [3.8, 4) is 5.75 Å². The zero-order valence-corrected chi connectivity index (χ0v) is 17.1. The second kappa shape index (κ2) is 8.93. The van der Waals surface area contributed by atoms with Crippen LogP contribution in [0.15, 0.2) is 52.6 Å². The van der Waals surface area contributed by atoms with Gasteiger partial charge in [-0.25, -0.2) is 0 Å². The summed E-state index contributed by atoms with van der Waals surface area (Å²) in [6.07, 6.45) is 1.82. The Labute approximate surface area is 168 Å². The maximum atomic E-state index is 12.6. The van der Waals surface area contributed by atoms with Crippen LogP contribution in [0.3, 0.4) is 0 Å². The molecule has 2 aromatic heterocycles. The highest BCUT2D eigenvalue weighted by Gasteiger charge is 2.17. The molecule has 0 fully saturated rings. The van der Waals surface area contributed by atoms with Gasteiger partial charge in [0, 0.05) is 23.5 Å². The van der Waals surface area contributed by atoms with Gasteiger partial charge in [-0.15, -0.1) is 16.8 Å². The molecule has 0 aliphatic carbocycles. The summed E-state index contributed by atoms with van der Waals surface area (Å²) in [5.74, 6) is 1.39. The summed E-state index contributed by atoms with van der Waals surface area (Å²) >= 11 is 1.23. The molecule has 2 heterocycles. The van der Waals surface area contributed by atoms with Gasteiger partial charge in [0.15, 0.2) is 12.4 Å². The zero-order valence-electron chi connectivity index (χ0n) is 16.3. The fourth-order valence-electron chi connectivity index (χ4n) is 2.90. The lowest BCUT2D eigenvalue weighted by Gasteiger charge is -2.05. The number of Topliss-reactive ketones (excluding diaryl/α,β-unsaturated/α-hetero) is 1. The molecular weight excluding hydrogens is 374 g/mol. The normalized spacial score (nSPS) is 10.8. The van der Waals surface area contributed by atoms with E-state index in [9.17, 15) is 4.79 Å². The highest BCUT2D eigenvalue weighted by Crippen LogP contribution is 2.22. The minimum absolute atomic E-state index is 0.0316. The van der Waals surface area contributed by atoms with Gasteiger partial charge in [-0.3, -0.25) is 4.79 Å². The molecule has 0 atom stereocenters. The van der Waals surface area contributed by atoms with E-state index in [0.717, 1.165) is 28.3 Å². The Morgan fingerprint density at radius 2 is 2.11 bits per heavy atom. The van der Waals surface area contributed by atoms with Crippen LogP contribution in [0.2, 0.25) is 0 Å². The van der Waals surface area contributed by atoms with Crippen LogP contribution in [0.25, 0.3) is 0 Å². The van der Waals surface area contributed by atoms with Crippen molar-refractivity contribution in [1.82, 2.24) is 14.8 Å². The third kappa shape index (κ3) is 4.72. The summed E-state index contributed by atoms with van der Waals surface area (Å²) in [5, 5.41) is 8.31. The van der Waals surface area contributed by atoms with Gasteiger partial charge in [-0.2, -0.15) is 0 Å². The minimum Gasteiger partial charge on any atom is -0.484 e. The maximum absolute atomic E-state index is 12.6. The van der Waals surface area contributed by atoms with Crippen molar-refractivity contribution in [3.63, 3.8) is 0 Å². The number of ketones is 1. The fraction of sp³-hybridized carbons (Fsp3) is 0.286. The van der Waals surface area contributed by atoms with Gasteiger partial charge in [0.25, 0.3) is 11.1 Å². The third-order valence-electron chi connectivity index (χ3n) is 4.31. The molecule has 0 aliphatic heterocycles. The fourth-order valence-corrected chi connectivity index (χ4v) is 3.57. The summed E-state index contributed by atoms with van der Waals surface area (Å²) in [7, 11) is 0. The Hall–Kier alpha value is -2.80. The average Bonchev–Trinajstić information content (AvgIpc) is 3.24. The van der Waals surface area contributed by atoms with Crippen LogP contribution >= 0.6 is 11.8 Å². The molecule has 0 aliphatic rings. The smallest absolute Gasteiger partial charge is 0.277 e. The standard InChI is InChI=1S/C21H23N3O3S/c1-5-9-24-15(3)11-18(16(24)4)19(25)13-28-21-23-22-20(27-21)12-26-17-8-6-7-14(2)10-17/h5-8,10-11H,1,9,12-13H2,2-4H3. The molecule has 0 bridgehead atoms. The second-order valence-corrected chi connectivity index (χ2v) is 7.39. The number of benzene rings is 1. The number of ether oxygens (including phenoxy) is 1. The maximum Gasteiger partial charge on any atom is 0.277 e. The summed E-state index contributed by atoms with van der Waals surface area (Å²) in [6.45, 7) is 10.6. The number of carbonyl (C=O) groups is 1. The van der Waals surface area contributed by atoms with Crippen LogP contribution in [0.4, 0.5) is 0 Å². The predicted molar refractivity (Wildman–Crippen MR) is 109 cm³/mol. The van der Waals surface area contributed by atoms with Gasteiger partial charge < -0.3 is 13.7 Å². The Kier molecular flexibility index (Phi) is 6.36. The van der Waals surface area contributed by atoms with E-state index in [1.807, 2.05) is 57.2 Å². The molecule has 1 aromatic carbocycles. The SMILES string of the molecule is C=CCn1c(C)cc(C(=O)CSc2nnc(COc3cccc(C)c3)o2)c1C. The molecule has 0 saturated carbocycles. The molecule has 0 N–H and O–H groups in total. The number of aromatic nitrogens is 3. The van der Waals surface area contributed by atoms with Crippen molar-refractivity contribution < 1.29 is 13.9 Å². The van der Waals surface area contributed by atoms with Gasteiger partial charge in [0.05, 0.1) is 5.75 Å². The number of rotatable bonds is 9. The first-order chi connectivity index (χ1) is 13.5. The highest BCUT2D eigenvalue weighted by atomic mass is 32.2. The molecule has 0 amide bonds. The lowest BCUT2D eigenvalue weighted by molar-refractivity contribution is 0.102. The Morgan fingerprint density at radius 1 is 1.29 bits per heavy atom. The van der Waals surface area contributed by atoms with Crippen molar-refractivity contribution in [2.75, 3.05) is 5.75 Å². The van der Waals surface area contributed by atoms with Gasteiger partial charge in [-0.1, -0.05) is 30.0 Å². The molecule has 6 nitrogen and oxygen atoms in total. The van der Waals surface area contributed by atoms with Gasteiger partial charge >= 0.3 is 0 Å². The summed E-state index contributed by atoms with van der Waals surface area (Å²) in [5.41, 5.74) is 3.82. The summed E-state index contributed by atoms with van der Waals surface area (Å²) < 4.78 is 13.3. The first-order valence-electron chi connectivity index (χ1n) is 8.93. The molecule has 0 unspecified atom stereocenters. The molecule has 3 aromatic rings. The summed E-state index contributed by atoms with van der Waals surface area (Å²) in [6, 6.07) is 9.65. The van der Waals surface area contributed by atoms with E-state index in [1.54, 1.807) is 0 Å². The highest BCUT2D eigenvalue weighted by molar-refractivity contribution is 7.99. The quantitative estimate of drug-likeness (QED) is 0.300. The van der Waals surface area contributed by atoms with Gasteiger partial charge in [0.2, 0.25) is 0 Å². The van der Waals surface area contributed by atoms with Crippen LogP contribution in [0.1, 0.15) is 33.2 Å². The number of aryl methyl sites for hydroxylation is 2. The number of hydrogen-bond donors (Lipinski definition) is 0. The van der Waals surface area contributed by atoms with E-state index >= 15 is 0 Å². The van der Waals surface area contributed by atoms with Crippen LogP contribution < -0.4 is 4.74 Å². The van der Waals surface area contributed by atoms with Crippen molar-refractivity contribution >= 4 is 17.5 Å². The largest absolute Gasteiger partial charge is 0.484 e. The number of thioether (sulfide) groups is 1. The van der Waals surface area contributed by atoms with Crippen molar-refractivity contribution in [2.24, 2.45) is 0 Å². The number of carbonyl (C=O) groups excluding carboxylic acids is 1. The van der Waals surface area contributed by atoms with E-state index < -0.39 is 0 Å². The van der Waals surface area contributed by atoms with Crippen molar-refractivity contribution in [2.45, 2.75) is 39.1 Å². The molecule has 146 valence electrons. The first-order valence-corrected chi connectivity index (χ1v) is 9.92. The van der Waals surface area contributed by atoms with E-state index in [0.29, 0.717) is 17.7 Å². The predicted octanol–water partition coefficient (Wildman–Crippen LogP) is 4.54. The van der Waals surface area contributed by atoms with E-state index in [2.05, 4.69) is 21.3 Å². The van der Waals surface area contributed by atoms with Crippen LogP contribution in [0.5, 0.6) is 5.75 Å². The molecule has 28 heavy (non-hydrogen) atoms. The van der Waals surface area contributed by atoms with Crippen molar-refractivity contribution in [1.29, 1.82) is 0 Å². The average molecular weight is 398 g/mol. The number of nitrogens with zero attached hydrogens (tertiary/aromatic N) is 3. The molecule has 0 radical (unpaired) electrons. The Morgan fingerprint density at radius 3 is 2.86 bits per heavy atom. The topological polar surface area (TPSA) is 70.2 Å². The van der Waals surface area contributed by atoms with E-state index in [4.69, 9.17) is 9.15 Å². The molecule has 7 heteroatoms. The summed E-state index contributed by atoms with van der Waals surface area (Å²) in [4.78, 5) is 12.6.